The van der Waals surface area contributed by atoms with Gasteiger partial charge in [0.25, 0.3) is 0 Å². The van der Waals surface area contributed by atoms with Crippen LogP contribution in [0, 0.1) is 5.92 Å². The number of carboxylic acids is 1. The number of carbonyl (C=O) groups excluding carboxylic acids is 2. The molecule has 0 spiro atoms. The van der Waals surface area contributed by atoms with Crippen LogP contribution in [0.25, 0.3) is 11.1 Å². The molecule has 2 N–H and O–H groups in total. The molecule has 2 amide bonds. The predicted molar refractivity (Wildman–Crippen MR) is 131 cm³/mol. The third-order valence-electron chi connectivity index (χ3n) is 7.91. The minimum absolute atomic E-state index is 0.0129. The number of hydrogen-bond donors (Lipinski definition) is 2. The molecule has 35 heavy (non-hydrogen) atoms. The molecular weight excluding hydrogens is 444 g/mol. The minimum Gasteiger partial charge on any atom is -0.479 e. The maximum atomic E-state index is 13.5. The Morgan fingerprint density at radius 1 is 1.11 bits per heavy atom. The van der Waals surface area contributed by atoms with Gasteiger partial charge in [0.15, 0.2) is 0 Å². The molecule has 7 heteroatoms. The summed E-state index contributed by atoms with van der Waals surface area (Å²) in [6, 6.07) is 15.5. The number of likely N-dealkylation sites (tertiary alicyclic amines) is 1. The van der Waals surface area contributed by atoms with E-state index in [0.29, 0.717) is 19.4 Å². The largest absolute Gasteiger partial charge is 0.479 e. The maximum absolute atomic E-state index is 13.5. The standard InChI is InChI=1S/C28H32N2O5/c1-2-3-14-24(25(31)30-15-8-9-18-16-28(18,30)26(32)33)29-27(34)35-17-23-21-12-6-4-10-19(21)20-11-5-7-13-22(20)23/h4-7,10-13,18,23-24H,2-3,8-9,14-17H2,1H3,(H,29,34)(H,32,33)/t18-,24?,28+/m1/s1. The molecule has 2 aromatic carbocycles. The average molecular weight is 477 g/mol. The number of rotatable bonds is 8. The topological polar surface area (TPSA) is 95.9 Å². The highest BCUT2D eigenvalue weighted by atomic mass is 16.5. The quantitative estimate of drug-likeness (QED) is 0.583. The highest BCUT2D eigenvalue weighted by molar-refractivity contribution is 5.94. The number of piperidine rings is 1. The summed E-state index contributed by atoms with van der Waals surface area (Å²) in [5.74, 6) is -1.30. The van der Waals surface area contributed by atoms with Crippen LogP contribution in [0.3, 0.4) is 0 Å². The number of nitrogens with zero attached hydrogens (tertiary/aromatic N) is 1. The van der Waals surface area contributed by atoms with Crippen LogP contribution in [-0.4, -0.2) is 52.7 Å². The van der Waals surface area contributed by atoms with E-state index < -0.39 is 23.6 Å². The van der Waals surface area contributed by atoms with Gasteiger partial charge in [0.2, 0.25) is 5.91 Å². The smallest absolute Gasteiger partial charge is 0.407 e. The lowest BCUT2D eigenvalue weighted by molar-refractivity contribution is -0.155. The van der Waals surface area contributed by atoms with E-state index in [4.69, 9.17) is 4.74 Å². The lowest BCUT2D eigenvalue weighted by Gasteiger charge is -2.36. The van der Waals surface area contributed by atoms with Crippen molar-refractivity contribution in [3.63, 3.8) is 0 Å². The predicted octanol–water partition coefficient (Wildman–Crippen LogP) is 4.55. The first kappa shape index (κ1) is 23.4. The van der Waals surface area contributed by atoms with Crippen LogP contribution in [-0.2, 0) is 14.3 Å². The van der Waals surface area contributed by atoms with Crippen LogP contribution in [0.5, 0.6) is 0 Å². The molecule has 7 nitrogen and oxygen atoms in total. The number of amides is 2. The first-order valence-electron chi connectivity index (χ1n) is 12.6. The molecule has 5 rings (SSSR count). The average Bonchev–Trinajstić information content (AvgIpc) is 3.56. The molecule has 0 radical (unpaired) electrons. The Bertz CT molecular complexity index is 1100. The number of fused-ring (bicyclic) bond motifs is 4. The molecule has 3 atom stereocenters. The molecule has 1 saturated heterocycles. The fourth-order valence-electron chi connectivity index (χ4n) is 6.00. The normalized spacial score (nSPS) is 23.0. The van der Waals surface area contributed by atoms with Gasteiger partial charge in [-0.2, -0.15) is 0 Å². The monoisotopic (exact) mass is 476 g/mol. The van der Waals surface area contributed by atoms with Gasteiger partial charge in [0.1, 0.15) is 18.2 Å². The SMILES string of the molecule is CCCCC(NC(=O)OCC1c2ccccc2-c2ccccc21)C(=O)N1CCC[C@@H]2C[C@@]21C(=O)O. The Balaban J connectivity index is 1.28. The number of benzene rings is 2. The van der Waals surface area contributed by atoms with E-state index in [1.54, 1.807) is 0 Å². The number of alkyl carbamates (subject to hydrolysis) is 1. The zero-order valence-corrected chi connectivity index (χ0v) is 20.0. The Morgan fingerprint density at radius 3 is 2.40 bits per heavy atom. The van der Waals surface area contributed by atoms with Gasteiger partial charge in [-0.15, -0.1) is 0 Å². The van der Waals surface area contributed by atoms with E-state index in [9.17, 15) is 19.5 Å². The van der Waals surface area contributed by atoms with Crippen molar-refractivity contribution in [3.8, 4) is 11.1 Å². The van der Waals surface area contributed by atoms with E-state index in [-0.39, 0.29) is 24.3 Å². The molecule has 2 fully saturated rings. The number of nitrogens with one attached hydrogen (secondary N) is 1. The van der Waals surface area contributed by atoms with Crippen LogP contribution in [0.15, 0.2) is 48.5 Å². The van der Waals surface area contributed by atoms with Gasteiger partial charge in [-0.1, -0.05) is 68.3 Å². The molecule has 0 bridgehead atoms. The molecule has 1 aliphatic heterocycles. The maximum Gasteiger partial charge on any atom is 0.407 e. The second-order valence-electron chi connectivity index (χ2n) is 9.93. The van der Waals surface area contributed by atoms with Crippen LogP contribution >= 0.6 is 0 Å². The molecular formula is C28H32N2O5. The molecule has 184 valence electrons. The van der Waals surface area contributed by atoms with Crippen LogP contribution < -0.4 is 5.32 Å². The van der Waals surface area contributed by atoms with Gasteiger partial charge in [0, 0.05) is 12.5 Å². The fraction of sp³-hybridized carbons (Fsp3) is 0.464. The van der Waals surface area contributed by atoms with E-state index in [1.807, 2.05) is 31.2 Å². The van der Waals surface area contributed by atoms with Crippen molar-refractivity contribution in [3.05, 3.63) is 59.7 Å². The van der Waals surface area contributed by atoms with Crippen molar-refractivity contribution in [1.82, 2.24) is 10.2 Å². The van der Waals surface area contributed by atoms with Gasteiger partial charge in [0.05, 0.1) is 0 Å². The Morgan fingerprint density at radius 2 is 1.77 bits per heavy atom. The third-order valence-corrected chi connectivity index (χ3v) is 7.91. The molecule has 2 aliphatic carbocycles. The molecule has 1 heterocycles. The summed E-state index contributed by atoms with van der Waals surface area (Å²) in [5.41, 5.74) is 3.45. The van der Waals surface area contributed by atoms with E-state index in [0.717, 1.165) is 47.9 Å². The van der Waals surface area contributed by atoms with Crippen LogP contribution in [0.2, 0.25) is 0 Å². The second kappa shape index (κ2) is 9.36. The highest BCUT2D eigenvalue weighted by Gasteiger charge is 2.67. The summed E-state index contributed by atoms with van der Waals surface area (Å²) in [5, 5.41) is 12.6. The third kappa shape index (κ3) is 4.07. The van der Waals surface area contributed by atoms with Crippen LogP contribution in [0.4, 0.5) is 4.79 Å². The van der Waals surface area contributed by atoms with E-state index in [2.05, 4.69) is 29.6 Å². The van der Waals surface area contributed by atoms with Gasteiger partial charge in [-0.3, -0.25) is 4.79 Å². The summed E-state index contributed by atoms with van der Waals surface area (Å²) in [4.78, 5) is 39.9. The number of hydrogen-bond acceptors (Lipinski definition) is 4. The van der Waals surface area contributed by atoms with E-state index in [1.165, 1.54) is 4.90 Å². The molecule has 1 saturated carbocycles. The van der Waals surface area contributed by atoms with Crippen LogP contribution in [0.1, 0.15) is 62.5 Å². The Kier molecular flexibility index (Phi) is 6.26. The van der Waals surface area contributed by atoms with Crippen molar-refractivity contribution in [1.29, 1.82) is 0 Å². The Labute approximate surface area is 205 Å². The molecule has 3 aliphatic rings. The summed E-state index contributed by atoms with van der Waals surface area (Å²) >= 11 is 0. The Hall–Kier alpha value is -3.35. The lowest BCUT2D eigenvalue weighted by atomic mass is 9.98. The van der Waals surface area contributed by atoms with Gasteiger partial charge < -0.3 is 20.1 Å². The minimum atomic E-state index is -1.09. The van der Waals surface area contributed by atoms with Crippen molar-refractivity contribution < 1.29 is 24.2 Å². The highest BCUT2D eigenvalue weighted by Crippen LogP contribution is 2.54. The van der Waals surface area contributed by atoms with E-state index >= 15 is 0 Å². The first-order valence-corrected chi connectivity index (χ1v) is 12.6. The number of aliphatic carboxylic acids is 1. The first-order chi connectivity index (χ1) is 17.0. The van der Waals surface area contributed by atoms with Gasteiger partial charge in [-0.25, -0.2) is 9.59 Å². The zero-order valence-electron chi connectivity index (χ0n) is 20.0. The molecule has 0 aromatic heterocycles. The van der Waals surface area contributed by atoms with Gasteiger partial charge in [-0.05, 0) is 53.9 Å². The number of carboxylic acid groups (broad SMARTS) is 1. The molecule has 2 aromatic rings. The van der Waals surface area contributed by atoms with Gasteiger partial charge >= 0.3 is 12.1 Å². The molecule has 1 unspecified atom stereocenters. The summed E-state index contributed by atoms with van der Waals surface area (Å²) in [7, 11) is 0. The number of carbonyl (C=O) groups is 3. The fourth-order valence-corrected chi connectivity index (χ4v) is 6.00. The van der Waals surface area contributed by atoms with Crippen molar-refractivity contribution >= 4 is 18.0 Å². The number of ether oxygens (including phenoxy) is 1. The lowest BCUT2D eigenvalue weighted by Crippen LogP contribution is -2.57. The summed E-state index contributed by atoms with van der Waals surface area (Å²) < 4.78 is 5.66. The summed E-state index contributed by atoms with van der Waals surface area (Å²) in [6.45, 7) is 2.60. The van der Waals surface area contributed by atoms with Crippen molar-refractivity contribution in [2.75, 3.05) is 13.2 Å². The second-order valence-corrected chi connectivity index (χ2v) is 9.93. The zero-order chi connectivity index (χ0) is 24.6. The van der Waals surface area contributed by atoms with Crippen molar-refractivity contribution in [2.24, 2.45) is 5.92 Å². The van der Waals surface area contributed by atoms with Crippen molar-refractivity contribution in [2.45, 2.75) is 62.9 Å². The number of unbranched alkanes of at least 4 members (excludes halogenated alkanes) is 1. The summed E-state index contributed by atoms with van der Waals surface area (Å²) in [6.07, 6.45) is 3.54.